The summed E-state index contributed by atoms with van der Waals surface area (Å²) in [4.78, 5) is 11.9. The summed E-state index contributed by atoms with van der Waals surface area (Å²) in [6, 6.07) is 5.48. The lowest BCUT2D eigenvalue weighted by atomic mass is 10.0. The molecule has 0 N–H and O–H groups in total. The molecule has 3 rings (SSSR count). The van der Waals surface area contributed by atoms with Crippen LogP contribution in [0.4, 0.5) is 0 Å². The molecule has 2 aliphatic rings. The quantitative estimate of drug-likeness (QED) is 0.818. The lowest BCUT2D eigenvalue weighted by Crippen LogP contribution is -2.14. The van der Waals surface area contributed by atoms with Crippen LogP contribution in [-0.4, -0.2) is 19.2 Å². The van der Waals surface area contributed by atoms with Gasteiger partial charge >= 0.3 is 0 Å². The molecule has 1 aliphatic carbocycles. The van der Waals surface area contributed by atoms with Gasteiger partial charge in [-0.05, 0) is 25.0 Å². The minimum atomic E-state index is 0.263. The molecule has 0 aromatic heterocycles. The first-order chi connectivity index (χ1) is 9.33. The number of ether oxygens (including phenoxy) is 3. The highest BCUT2D eigenvalue weighted by atomic mass is 16.7. The maximum absolute atomic E-state index is 11.9. The van der Waals surface area contributed by atoms with Crippen molar-refractivity contribution < 1.29 is 19.0 Å². The Balaban J connectivity index is 1.48. The molecule has 1 aromatic carbocycles. The third-order valence-corrected chi connectivity index (χ3v) is 3.77. The van der Waals surface area contributed by atoms with Crippen molar-refractivity contribution in [3.63, 3.8) is 0 Å². The van der Waals surface area contributed by atoms with Crippen LogP contribution in [0, 0.1) is 5.92 Å². The molecule has 0 bridgehead atoms. The van der Waals surface area contributed by atoms with Gasteiger partial charge in [0.25, 0.3) is 0 Å². The van der Waals surface area contributed by atoms with E-state index in [1.807, 2.05) is 18.2 Å². The summed E-state index contributed by atoms with van der Waals surface area (Å²) in [5.41, 5.74) is 0. The van der Waals surface area contributed by atoms with E-state index in [0.717, 1.165) is 24.3 Å². The van der Waals surface area contributed by atoms with Crippen molar-refractivity contribution in [2.24, 2.45) is 5.92 Å². The Morgan fingerprint density at radius 2 is 2.00 bits per heavy atom. The molecule has 0 radical (unpaired) electrons. The molecule has 4 heteroatoms. The summed E-state index contributed by atoms with van der Waals surface area (Å²) in [7, 11) is 0. The number of hydrogen-bond donors (Lipinski definition) is 0. The molecule has 1 heterocycles. The van der Waals surface area contributed by atoms with Gasteiger partial charge in [0.15, 0.2) is 11.5 Å². The Bertz CT molecular complexity index is 463. The molecular weight excluding hydrogens is 244 g/mol. The van der Waals surface area contributed by atoms with Crippen LogP contribution < -0.4 is 14.2 Å². The number of hydrogen-bond acceptors (Lipinski definition) is 4. The zero-order chi connectivity index (χ0) is 13.1. The first kappa shape index (κ1) is 12.3. The van der Waals surface area contributed by atoms with E-state index in [-0.39, 0.29) is 12.7 Å². The lowest BCUT2D eigenvalue weighted by molar-refractivity contribution is -0.123. The average molecular weight is 262 g/mol. The molecule has 0 atom stereocenters. The van der Waals surface area contributed by atoms with Gasteiger partial charge in [0.05, 0.1) is 6.61 Å². The number of fused-ring (bicyclic) bond motifs is 1. The van der Waals surface area contributed by atoms with Crippen molar-refractivity contribution in [1.82, 2.24) is 0 Å². The highest BCUT2D eigenvalue weighted by Gasteiger charge is 2.22. The number of ketones is 1. The summed E-state index contributed by atoms with van der Waals surface area (Å²) in [5, 5.41) is 0. The van der Waals surface area contributed by atoms with Gasteiger partial charge in [-0.3, -0.25) is 4.79 Å². The van der Waals surface area contributed by atoms with E-state index in [1.54, 1.807) is 0 Å². The standard InChI is InChI=1S/C15H18O4/c16-13(11-3-1-2-4-11)7-8-17-12-5-6-14-15(9-12)19-10-18-14/h5-6,9,11H,1-4,7-8,10H2. The second-order valence-corrected chi connectivity index (χ2v) is 5.06. The number of carbonyl (C=O) groups is 1. The normalized spacial score (nSPS) is 17.7. The van der Waals surface area contributed by atoms with Crippen molar-refractivity contribution in [1.29, 1.82) is 0 Å². The molecule has 1 saturated carbocycles. The highest BCUT2D eigenvalue weighted by Crippen LogP contribution is 2.35. The smallest absolute Gasteiger partial charge is 0.231 e. The van der Waals surface area contributed by atoms with E-state index in [9.17, 15) is 4.79 Å². The maximum atomic E-state index is 11.9. The molecule has 0 spiro atoms. The van der Waals surface area contributed by atoms with E-state index < -0.39 is 0 Å². The Kier molecular flexibility index (Phi) is 3.58. The van der Waals surface area contributed by atoms with E-state index in [4.69, 9.17) is 14.2 Å². The van der Waals surface area contributed by atoms with Gasteiger partial charge in [0.1, 0.15) is 11.5 Å². The predicted octanol–water partition coefficient (Wildman–Crippen LogP) is 2.94. The molecule has 4 nitrogen and oxygen atoms in total. The van der Waals surface area contributed by atoms with Crippen molar-refractivity contribution in [3.05, 3.63) is 18.2 Å². The van der Waals surface area contributed by atoms with E-state index in [0.29, 0.717) is 24.6 Å². The topological polar surface area (TPSA) is 44.8 Å². The minimum Gasteiger partial charge on any atom is -0.493 e. The fraction of sp³-hybridized carbons (Fsp3) is 0.533. The predicted molar refractivity (Wildman–Crippen MR) is 69.6 cm³/mol. The third-order valence-electron chi connectivity index (χ3n) is 3.77. The van der Waals surface area contributed by atoms with Crippen LogP contribution in [0.3, 0.4) is 0 Å². The summed E-state index contributed by atoms with van der Waals surface area (Å²) in [5.74, 6) is 2.80. The second-order valence-electron chi connectivity index (χ2n) is 5.06. The van der Waals surface area contributed by atoms with E-state index in [2.05, 4.69) is 0 Å². The third kappa shape index (κ3) is 2.83. The van der Waals surface area contributed by atoms with Gasteiger partial charge in [0, 0.05) is 18.4 Å². The van der Waals surface area contributed by atoms with Crippen LogP contribution in [0.5, 0.6) is 17.2 Å². The second kappa shape index (κ2) is 5.51. The van der Waals surface area contributed by atoms with Crippen molar-refractivity contribution in [2.45, 2.75) is 32.1 Å². The molecule has 1 fully saturated rings. The molecule has 102 valence electrons. The Morgan fingerprint density at radius 3 is 2.84 bits per heavy atom. The summed E-state index contributed by atoms with van der Waals surface area (Å²) in [6.07, 6.45) is 5.00. The first-order valence-corrected chi connectivity index (χ1v) is 6.88. The molecule has 1 aromatic rings. The Hall–Kier alpha value is -1.71. The van der Waals surface area contributed by atoms with Crippen LogP contribution in [0.15, 0.2) is 18.2 Å². The first-order valence-electron chi connectivity index (χ1n) is 6.88. The molecule has 0 unspecified atom stereocenters. The Morgan fingerprint density at radius 1 is 1.21 bits per heavy atom. The van der Waals surface area contributed by atoms with Crippen LogP contribution >= 0.6 is 0 Å². The molecule has 1 aliphatic heterocycles. The number of benzene rings is 1. The van der Waals surface area contributed by atoms with Crippen LogP contribution in [-0.2, 0) is 4.79 Å². The number of Topliss-reactive ketones (excluding diaryl/α,β-unsaturated/α-hetero) is 1. The lowest BCUT2D eigenvalue weighted by Gasteiger charge is -2.09. The largest absolute Gasteiger partial charge is 0.493 e. The summed E-state index contributed by atoms with van der Waals surface area (Å²) < 4.78 is 16.1. The number of rotatable bonds is 5. The molecule has 0 amide bonds. The van der Waals surface area contributed by atoms with Gasteiger partial charge in [0.2, 0.25) is 6.79 Å². The fourth-order valence-corrected chi connectivity index (χ4v) is 2.69. The van der Waals surface area contributed by atoms with E-state index in [1.165, 1.54) is 12.8 Å². The zero-order valence-electron chi connectivity index (χ0n) is 10.9. The fourth-order valence-electron chi connectivity index (χ4n) is 2.69. The SMILES string of the molecule is O=C(CCOc1ccc2c(c1)OCO2)C1CCCC1. The van der Waals surface area contributed by atoms with Gasteiger partial charge in [-0.1, -0.05) is 12.8 Å². The molecule has 0 saturated heterocycles. The monoisotopic (exact) mass is 262 g/mol. The van der Waals surface area contributed by atoms with Crippen molar-refractivity contribution >= 4 is 5.78 Å². The summed E-state index contributed by atoms with van der Waals surface area (Å²) in [6.45, 7) is 0.702. The van der Waals surface area contributed by atoms with Crippen LogP contribution in [0.1, 0.15) is 32.1 Å². The maximum Gasteiger partial charge on any atom is 0.231 e. The highest BCUT2D eigenvalue weighted by molar-refractivity contribution is 5.81. The number of carbonyl (C=O) groups excluding carboxylic acids is 1. The average Bonchev–Trinajstić information content (AvgIpc) is 3.09. The van der Waals surface area contributed by atoms with Gasteiger partial charge in [-0.2, -0.15) is 0 Å². The van der Waals surface area contributed by atoms with Gasteiger partial charge in [-0.25, -0.2) is 0 Å². The zero-order valence-corrected chi connectivity index (χ0v) is 10.9. The van der Waals surface area contributed by atoms with Gasteiger partial charge in [-0.15, -0.1) is 0 Å². The van der Waals surface area contributed by atoms with Crippen molar-refractivity contribution in [3.8, 4) is 17.2 Å². The minimum absolute atomic E-state index is 0.263. The van der Waals surface area contributed by atoms with Crippen molar-refractivity contribution in [2.75, 3.05) is 13.4 Å². The van der Waals surface area contributed by atoms with Gasteiger partial charge < -0.3 is 14.2 Å². The van der Waals surface area contributed by atoms with Crippen LogP contribution in [0.2, 0.25) is 0 Å². The Labute approximate surface area is 112 Å². The molecule has 19 heavy (non-hydrogen) atoms. The van der Waals surface area contributed by atoms with E-state index >= 15 is 0 Å². The van der Waals surface area contributed by atoms with Crippen LogP contribution in [0.25, 0.3) is 0 Å². The summed E-state index contributed by atoms with van der Waals surface area (Å²) >= 11 is 0. The molecular formula is C15H18O4.